The molecule has 4 rings (SSSR count). The third-order valence-electron chi connectivity index (χ3n) is 4.65. The summed E-state index contributed by atoms with van der Waals surface area (Å²) in [5.74, 6) is 0.938. The summed E-state index contributed by atoms with van der Waals surface area (Å²) in [5, 5.41) is 15.4. The molecule has 0 saturated carbocycles. The van der Waals surface area contributed by atoms with E-state index in [4.69, 9.17) is 9.47 Å². The average Bonchev–Trinajstić information content (AvgIpc) is 3.42. The molecule has 0 aliphatic carbocycles. The van der Waals surface area contributed by atoms with Crippen LogP contribution in [0.3, 0.4) is 0 Å². The molecule has 4 aromatic rings. The molecule has 1 N–H and O–H groups in total. The SMILES string of the molecule is COCCn1ccc2c(OCC(=O)NCc3nnnn3-c3ccccc3)cccc21. The first kappa shape index (κ1) is 19.6. The average molecular weight is 406 g/mol. The van der Waals surface area contributed by atoms with Crippen molar-refractivity contribution in [2.24, 2.45) is 0 Å². The number of amides is 1. The molecule has 1 amide bonds. The van der Waals surface area contributed by atoms with E-state index in [9.17, 15) is 4.79 Å². The van der Waals surface area contributed by atoms with Crippen LogP contribution in [0.4, 0.5) is 0 Å². The number of ether oxygens (including phenoxy) is 2. The van der Waals surface area contributed by atoms with Crippen molar-refractivity contribution >= 4 is 16.8 Å². The van der Waals surface area contributed by atoms with E-state index in [1.165, 1.54) is 0 Å². The van der Waals surface area contributed by atoms with Crippen LogP contribution < -0.4 is 10.1 Å². The second-order valence-corrected chi connectivity index (χ2v) is 6.60. The predicted octanol–water partition coefficient (Wildman–Crippen LogP) is 1.96. The molecule has 9 heteroatoms. The van der Waals surface area contributed by atoms with Gasteiger partial charge in [-0.3, -0.25) is 4.79 Å². The number of fused-ring (bicyclic) bond motifs is 1. The third-order valence-corrected chi connectivity index (χ3v) is 4.65. The maximum absolute atomic E-state index is 12.3. The minimum Gasteiger partial charge on any atom is -0.483 e. The van der Waals surface area contributed by atoms with Crippen LogP contribution >= 0.6 is 0 Å². The number of para-hydroxylation sites is 1. The van der Waals surface area contributed by atoms with Crippen LogP contribution in [-0.4, -0.2) is 51.0 Å². The zero-order valence-corrected chi connectivity index (χ0v) is 16.6. The molecule has 154 valence electrons. The monoisotopic (exact) mass is 406 g/mol. The molecule has 2 aromatic carbocycles. The highest BCUT2D eigenvalue weighted by Crippen LogP contribution is 2.26. The molecule has 0 atom stereocenters. The zero-order chi connectivity index (χ0) is 20.8. The van der Waals surface area contributed by atoms with Crippen molar-refractivity contribution < 1.29 is 14.3 Å². The largest absolute Gasteiger partial charge is 0.483 e. The Morgan fingerprint density at radius 3 is 2.80 bits per heavy atom. The van der Waals surface area contributed by atoms with E-state index >= 15 is 0 Å². The molecule has 0 bridgehead atoms. The minimum absolute atomic E-state index is 0.102. The molecular weight excluding hydrogens is 384 g/mol. The summed E-state index contributed by atoms with van der Waals surface area (Å²) in [6, 6.07) is 17.3. The predicted molar refractivity (Wildman–Crippen MR) is 110 cm³/mol. The number of methoxy groups -OCH3 is 1. The van der Waals surface area contributed by atoms with Gasteiger partial charge in [0.2, 0.25) is 0 Å². The number of benzene rings is 2. The van der Waals surface area contributed by atoms with E-state index in [-0.39, 0.29) is 19.1 Å². The van der Waals surface area contributed by atoms with Crippen LogP contribution in [0.1, 0.15) is 5.82 Å². The van der Waals surface area contributed by atoms with Gasteiger partial charge < -0.3 is 19.4 Å². The smallest absolute Gasteiger partial charge is 0.258 e. The number of tetrazole rings is 1. The highest BCUT2D eigenvalue weighted by atomic mass is 16.5. The fraction of sp³-hybridized carbons (Fsp3) is 0.238. The van der Waals surface area contributed by atoms with Crippen molar-refractivity contribution in [3.63, 3.8) is 0 Å². The van der Waals surface area contributed by atoms with Crippen LogP contribution in [0.25, 0.3) is 16.6 Å². The summed E-state index contributed by atoms with van der Waals surface area (Å²) >= 11 is 0. The Morgan fingerprint density at radius 1 is 1.10 bits per heavy atom. The summed E-state index contributed by atoms with van der Waals surface area (Å²) in [4.78, 5) is 12.3. The molecule has 9 nitrogen and oxygen atoms in total. The topological polar surface area (TPSA) is 96.1 Å². The normalized spacial score (nSPS) is 11.0. The fourth-order valence-corrected chi connectivity index (χ4v) is 3.16. The van der Waals surface area contributed by atoms with Gasteiger partial charge in [-0.2, -0.15) is 4.68 Å². The van der Waals surface area contributed by atoms with Crippen LogP contribution in [-0.2, 0) is 22.6 Å². The third kappa shape index (κ3) is 4.31. The van der Waals surface area contributed by atoms with E-state index < -0.39 is 0 Å². The number of aromatic nitrogens is 5. The van der Waals surface area contributed by atoms with E-state index in [1.54, 1.807) is 11.8 Å². The lowest BCUT2D eigenvalue weighted by Gasteiger charge is -2.10. The molecule has 0 unspecified atom stereocenters. The van der Waals surface area contributed by atoms with E-state index in [0.29, 0.717) is 18.2 Å². The summed E-state index contributed by atoms with van der Waals surface area (Å²) in [6.07, 6.45) is 1.99. The first-order valence-corrected chi connectivity index (χ1v) is 9.55. The summed E-state index contributed by atoms with van der Waals surface area (Å²) in [5.41, 5.74) is 1.86. The molecule has 0 aliphatic rings. The van der Waals surface area contributed by atoms with Gasteiger partial charge >= 0.3 is 0 Å². The van der Waals surface area contributed by atoms with Gasteiger partial charge in [-0.05, 0) is 40.8 Å². The van der Waals surface area contributed by atoms with Gasteiger partial charge in [-0.15, -0.1) is 5.10 Å². The van der Waals surface area contributed by atoms with Crippen LogP contribution in [0.5, 0.6) is 5.75 Å². The Morgan fingerprint density at radius 2 is 1.97 bits per heavy atom. The van der Waals surface area contributed by atoms with E-state index in [2.05, 4.69) is 25.4 Å². The quantitative estimate of drug-likeness (QED) is 0.457. The Bertz CT molecular complexity index is 1120. The molecule has 0 aliphatic heterocycles. The molecule has 0 fully saturated rings. The molecule has 2 aromatic heterocycles. The molecule has 30 heavy (non-hydrogen) atoms. The first-order valence-electron chi connectivity index (χ1n) is 9.55. The van der Waals surface area contributed by atoms with Crippen LogP contribution in [0.15, 0.2) is 60.8 Å². The summed E-state index contributed by atoms with van der Waals surface area (Å²) in [7, 11) is 1.68. The Labute approximate surface area is 173 Å². The lowest BCUT2D eigenvalue weighted by Crippen LogP contribution is -2.29. The number of hydrogen-bond donors (Lipinski definition) is 1. The van der Waals surface area contributed by atoms with Gasteiger partial charge in [-0.1, -0.05) is 24.3 Å². The standard InChI is InChI=1S/C21H22N6O3/c1-29-13-12-26-11-10-17-18(26)8-5-9-19(17)30-15-21(28)22-14-20-23-24-25-27(20)16-6-3-2-4-7-16/h2-11H,12-15H2,1H3,(H,22,28). The van der Waals surface area contributed by atoms with Crippen molar-refractivity contribution in [2.75, 3.05) is 20.3 Å². The number of carbonyl (C=O) groups is 1. The first-order chi connectivity index (χ1) is 14.8. The number of carbonyl (C=O) groups excluding carboxylic acids is 1. The Balaban J connectivity index is 1.36. The second kappa shape index (κ2) is 9.19. The number of rotatable bonds is 9. The molecule has 0 spiro atoms. The maximum atomic E-state index is 12.3. The number of nitrogens with one attached hydrogen (secondary N) is 1. The van der Waals surface area contributed by atoms with Gasteiger partial charge in [0, 0.05) is 25.2 Å². The molecule has 0 radical (unpaired) electrons. The Kier molecular flexibility index (Phi) is 6.00. The summed E-state index contributed by atoms with van der Waals surface area (Å²) < 4.78 is 14.6. The van der Waals surface area contributed by atoms with Crippen molar-refractivity contribution in [1.82, 2.24) is 30.1 Å². The minimum atomic E-state index is -0.256. The van der Waals surface area contributed by atoms with Crippen LogP contribution in [0, 0.1) is 0 Å². The maximum Gasteiger partial charge on any atom is 0.258 e. The van der Waals surface area contributed by atoms with Gasteiger partial charge in [-0.25, -0.2) is 0 Å². The van der Waals surface area contributed by atoms with Gasteiger partial charge in [0.1, 0.15) is 5.75 Å². The van der Waals surface area contributed by atoms with E-state index in [1.807, 2.05) is 60.8 Å². The van der Waals surface area contributed by atoms with Gasteiger partial charge in [0.05, 0.1) is 24.4 Å². The fourth-order valence-electron chi connectivity index (χ4n) is 3.16. The number of nitrogens with zero attached hydrogens (tertiary/aromatic N) is 5. The Hall–Kier alpha value is -3.72. The van der Waals surface area contributed by atoms with Crippen molar-refractivity contribution in [3.05, 3.63) is 66.6 Å². The second-order valence-electron chi connectivity index (χ2n) is 6.60. The van der Waals surface area contributed by atoms with Gasteiger partial charge in [0.25, 0.3) is 5.91 Å². The number of hydrogen-bond acceptors (Lipinski definition) is 6. The molecule has 2 heterocycles. The summed E-state index contributed by atoms with van der Waals surface area (Å²) in [6.45, 7) is 1.47. The molecule has 0 saturated heterocycles. The van der Waals surface area contributed by atoms with Crippen molar-refractivity contribution in [3.8, 4) is 11.4 Å². The highest BCUT2D eigenvalue weighted by molar-refractivity contribution is 5.87. The lowest BCUT2D eigenvalue weighted by molar-refractivity contribution is -0.123. The van der Waals surface area contributed by atoms with Crippen molar-refractivity contribution in [2.45, 2.75) is 13.1 Å². The highest BCUT2D eigenvalue weighted by Gasteiger charge is 2.12. The van der Waals surface area contributed by atoms with Gasteiger partial charge in [0.15, 0.2) is 12.4 Å². The van der Waals surface area contributed by atoms with Crippen LogP contribution in [0.2, 0.25) is 0 Å². The van der Waals surface area contributed by atoms with Crippen molar-refractivity contribution in [1.29, 1.82) is 0 Å². The van der Waals surface area contributed by atoms with E-state index in [0.717, 1.165) is 23.1 Å². The zero-order valence-electron chi connectivity index (χ0n) is 16.6. The molecular formula is C21H22N6O3. The lowest BCUT2D eigenvalue weighted by atomic mass is 10.2.